The van der Waals surface area contributed by atoms with Crippen molar-refractivity contribution in [3.05, 3.63) is 176 Å². The van der Waals surface area contributed by atoms with Gasteiger partial charge in [-0.15, -0.1) is 11.3 Å². The SMILES string of the molecule is c1ccc(N(c2ccc(-c3ccc4c(ccc5c6ccccc6sc45)c3)cc2)c2ccc(-c3cccc4c3oc3ccccc34)cc2)cc1. The molecular formula is C46H29NOS. The maximum atomic E-state index is 6.35. The van der Waals surface area contributed by atoms with E-state index in [0.29, 0.717) is 0 Å². The van der Waals surface area contributed by atoms with Crippen LogP contribution < -0.4 is 4.90 Å². The number of para-hydroxylation sites is 3. The van der Waals surface area contributed by atoms with Crippen molar-refractivity contribution in [1.82, 2.24) is 0 Å². The lowest BCUT2D eigenvalue weighted by atomic mass is 9.99. The van der Waals surface area contributed by atoms with Gasteiger partial charge in [0.15, 0.2) is 0 Å². The van der Waals surface area contributed by atoms with Crippen LogP contribution in [0.25, 0.3) is 75.1 Å². The lowest BCUT2D eigenvalue weighted by Crippen LogP contribution is -2.09. The van der Waals surface area contributed by atoms with Gasteiger partial charge in [-0.1, -0.05) is 121 Å². The van der Waals surface area contributed by atoms with Gasteiger partial charge in [0.05, 0.1) is 0 Å². The van der Waals surface area contributed by atoms with Crippen LogP contribution in [0.3, 0.4) is 0 Å². The Morgan fingerprint density at radius 2 is 1.04 bits per heavy atom. The van der Waals surface area contributed by atoms with Crippen molar-refractivity contribution in [1.29, 1.82) is 0 Å². The summed E-state index contributed by atoms with van der Waals surface area (Å²) in [5.74, 6) is 0. The molecule has 0 atom stereocenters. The second kappa shape index (κ2) is 11.2. The Kier molecular flexibility index (Phi) is 6.39. The zero-order valence-corrected chi connectivity index (χ0v) is 27.3. The Labute approximate surface area is 287 Å². The summed E-state index contributed by atoms with van der Waals surface area (Å²) < 4.78 is 9.05. The number of anilines is 3. The van der Waals surface area contributed by atoms with Crippen LogP contribution in [0.5, 0.6) is 0 Å². The zero-order chi connectivity index (χ0) is 32.3. The first-order valence-electron chi connectivity index (χ1n) is 16.6. The Hall–Kier alpha value is -6.16. The van der Waals surface area contributed by atoms with Gasteiger partial charge in [0.1, 0.15) is 11.2 Å². The largest absolute Gasteiger partial charge is 0.455 e. The van der Waals surface area contributed by atoms with E-state index in [9.17, 15) is 0 Å². The number of hydrogen-bond donors (Lipinski definition) is 0. The zero-order valence-electron chi connectivity index (χ0n) is 26.5. The molecule has 2 heterocycles. The lowest BCUT2D eigenvalue weighted by Gasteiger charge is -2.26. The van der Waals surface area contributed by atoms with Crippen LogP contribution in [-0.4, -0.2) is 0 Å². The molecule has 0 spiro atoms. The smallest absolute Gasteiger partial charge is 0.143 e. The molecule has 3 heteroatoms. The highest BCUT2D eigenvalue weighted by Crippen LogP contribution is 2.41. The molecule has 0 saturated heterocycles. The predicted molar refractivity (Wildman–Crippen MR) is 210 cm³/mol. The highest BCUT2D eigenvalue weighted by molar-refractivity contribution is 7.26. The Morgan fingerprint density at radius 3 is 1.86 bits per heavy atom. The number of nitrogens with zero attached hydrogens (tertiary/aromatic N) is 1. The minimum Gasteiger partial charge on any atom is -0.455 e. The first kappa shape index (κ1) is 27.9. The van der Waals surface area contributed by atoms with Gasteiger partial charge in [0.2, 0.25) is 0 Å². The maximum absolute atomic E-state index is 6.35. The van der Waals surface area contributed by atoms with Crippen LogP contribution in [0, 0.1) is 0 Å². The average Bonchev–Trinajstić information content (AvgIpc) is 3.75. The van der Waals surface area contributed by atoms with Gasteiger partial charge in [-0.2, -0.15) is 0 Å². The molecule has 0 aliphatic heterocycles. The van der Waals surface area contributed by atoms with E-state index in [1.807, 2.05) is 23.5 Å². The number of thiophene rings is 1. The number of furan rings is 1. The van der Waals surface area contributed by atoms with Crippen LogP contribution in [-0.2, 0) is 0 Å². The van der Waals surface area contributed by atoms with E-state index in [2.05, 4.69) is 169 Å². The quantitative estimate of drug-likeness (QED) is 0.186. The maximum Gasteiger partial charge on any atom is 0.143 e. The van der Waals surface area contributed by atoms with Gasteiger partial charge >= 0.3 is 0 Å². The van der Waals surface area contributed by atoms with Crippen molar-refractivity contribution in [3.8, 4) is 22.3 Å². The van der Waals surface area contributed by atoms with Crippen LogP contribution >= 0.6 is 11.3 Å². The highest BCUT2D eigenvalue weighted by atomic mass is 32.1. The summed E-state index contributed by atoms with van der Waals surface area (Å²) in [4.78, 5) is 2.31. The summed E-state index contributed by atoms with van der Waals surface area (Å²) in [6.07, 6.45) is 0. The molecule has 0 saturated carbocycles. The molecule has 0 radical (unpaired) electrons. The Morgan fingerprint density at radius 1 is 0.408 bits per heavy atom. The van der Waals surface area contributed by atoms with E-state index in [1.54, 1.807) is 0 Å². The molecule has 2 aromatic heterocycles. The number of hydrogen-bond acceptors (Lipinski definition) is 3. The van der Waals surface area contributed by atoms with Gasteiger partial charge in [-0.3, -0.25) is 0 Å². The van der Waals surface area contributed by atoms with Gasteiger partial charge in [0, 0.05) is 53.6 Å². The monoisotopic (exact) mass is 643 g/mol. The van der Waals surface area contributed by atoms with Crippen LogP contribution in [0.1, 0.15) is 0 Å². The third-order valence-corrected chi connectivity index (χ3v) is 10.9. The molecule has 0 fully saturated rings. The van der Waals surface area contributed by atoms with Crippen molar-refractivity contribution in [2.45, 2.75) is 0 Å². The standard InChI is InChI=1S/C46H29NOS/c1-2-9-34(10-3-1)47(36-25-19-31(20-26-36)37-13-8-14-41-39-11-4-6-15-43(39)48-45(37)41)35-23-17-30(18-24-35)32-21-27-38-33(29-32)22-28-42-40-12-5-7-16-44(40)49-46(38)42/h1-29H. The Bertz CT molecular complexity index is 2810. The first-order valence-corrected chi connectivity index (χ1v) is 17.4. The fraction of sp³-hybridized carbons (Fsp3) is 0. The molecule has 0 bridgehead atoms. The number of rotatable bonds is 5. The van der Waals surface area contributed by atoms with Crippen molar-refractivity contribution >= 4 is 81.3 Å². The molecular weight excluding hydrogens is 615 g/mol. The second-order valence-electron chi connectivity index (χ2n) is 12.5. The summed E-state index contributed by atoms with van der Waals surface area (Å²) >= 11 is 1.88. The molecule has 8 aromatic carbocycles. The number of benzene rings is 8. The molecule has 230 valence electrons. The Balaban J connectivity index is 1.01. The molecule has 0 aliphatic carbocycles. The van der Waals surface area contributed by atoms with Gasteiger partial charge in [-0.05, 0) is 82.1 Å². The summed E-state index contributed by atoms with van der Waals surface area (Å²) in [5.41, 5.74) is 9.79. The molecule has 0 unspecified atom stereocenters. The van der Waals surface area contributed by atoms with E-state index < -0.39 is 0 Å². The van der Waals surface area contributed by atoms with Gasteiger partial charge < -0.3 is 9.32 Å². The fourth-order valence-electron chi connectivity index (χ4n) is 7.28. The normalized spacial score (nSPS) is 11.7. The van der Waals surface area contributed by atoms with Crippen LogP contribution in [0.15, 0.2) is 180 Å². The van der Waals surface area contributed by atoms with E-state index in [4.69, 9.17) is 4.42 Å². The molecule has 10 aromatic rings. The van der Waals surface area contributed by atoms with E-state index in [-0.39, 0.29) is 0 Å². The third-order valence-electron chi connectivity index (χ3n) is 9.67. The fourth-order valence-corrected chi connectivity index (χ4v) is 8.52. The molecule has 0 aliphatic rings. The van der Waals surface area contributed by atoms with Crippen molar-refractivity contribution < 1.29 is 4.42 Å². The minimum atomic E-state index is 0.914. The molecule has 2 nitrogen and oxygen atoms in total. The summed E-state index contributed by atoms with van der Waals surface area (Å²) in [7, 11) is 0. The number of fused-ring (bicyclic) bond motifs is 8. The lowest BCUT2D eigenvalue weighted by molar-refractivity contribution is 0.670. The van der Waals surface area contributed by atoms with Crippen molar-refractivity contribution in [2.75, 3.05) is 4.90 Å². The molecule has 10 rings (SSSR count). The van der Waals surface area contributed by atoms with Crippen LogP contribution in [0.4, 0.5) is 17.1 Å². The summed E-state index contributed by atoms with van der Waals surface area (Å²) in [6, 6.07) is 63.1. The van der Waals surface area contributed by atoms with Gasteiger partial charge in [-0.25, -0.2) is 0 Å². The van der Waals surface area contributed by atoms with E-state index in [0.717, 1.165) is 50.1 Å². The summed E-state index contributed by atoms with van der Waals surface area (Å²) in [6.45, 7) is 0. The third kappa shape index (κ3) is 4.62. The predicted octanol–water partition coefficient (Wildman–Crippen LogP) is 13.9. The van der Waals surface area contributed by atoms with Crippen molar-refractivity contribution in [3.63, 3.8) is 0 Å². The molecule has 0 amide bonds. The average molecular weight is 644 g/mol. The second-order valence-corrected chi connectivity index (χ2v) is 13.6. The van der Waals surface area contributed by atoms with Gasteiger partial charge in [0.25, 0.3) is 0 Å². The van der Waals surface area contributed by atoms with Crippen molar-refractivity contribution in [2.24, 2.45) is 0 Å². The first-order chi connectivity index (χ1) is 24.3. The minimum absolute atomic E-state index is 0.914. The van der Waals surface area contributed by atoms with E-state index in [1.165, 1.54) is 42.1 Å². The summed E-state index contributed by atoms with van der Waals surface area (Å²) in [5, 5.41) is 7.55. The molecule has 49 heavy (non-hydrogen) atoms. The highest BCUT2D eigenvalue weighted by Gasteiger charge is 2.16. The van der Waals surface area contributed by atoms with Crippen LogP contribution in [0.2, 0.25) is 0 Å². The van der Waals surface area contributed by atoms with E-state index >= 15 is 0 Å². The molecule has 0 N–H and O–H groups in total. The topological polar surface area (TPSA) is 16.4 Å².